The van der Waals surface area contributed by atoms with E-state index in [4.69, 9.17) is 10.2 Å². The molecule has 0 aliphatic rings. The van der Waals surface area contributed by atoms with Gasteiger partial charge in [0.25, 0.3) is 0 Å². The van der Waals surface area contributed by atoms with E-state index in [9.17, 15) is 19.2 Å². The number of carboxylic acids is 2. The second-order valence-corrected chi connectivity index (χ2v) is 3.57. The number of carboxylic acid groups (broad SMARTS) is 2. The molecule has 1 rings (SSSR count). The quantitative estimate of drug-likeness (QED) is 0.558. The highest BCUT2D eigenvalue weighted by Gasteiger charge is 2.17. The molecule has 0 saturated heterocycles. The number of benzene rings is 1. The Kier molecular flexibility index (Phi) is 4.19. The molecule has 0 unspecified atom stereocenters. The van der Waals surface area contributed by atoms with Crippen LogP contribution in [0.1, 0.15) is 5.56 Å². The van der Waals surface area contributed by atoms with Gasteiger partial charge in [0.05, 0.1) is 11.4 Å². The van der Waals surface area contributed by atoms with Gasteiger partial charge in [-0.2, -0.15) is 0 Å². The van der Waals surface area contributed by atoms with Gasteiger partial charge in [-0.1, -0.05) is 6.07 Å². The van der Waals surface area contributed by atoms with Gasteiger partial charge in [0.15, 0.2) is 0 Å². The molecule has 0 radical (unpaired) electrons. The van der Waals surface area contributed by atoms with E-state index < -0.39 is 23.8 Å². The van der Waals surface area contributed by atoms with E-state index in [-0.39, 0.29) is 11.4 Å². The van der Waals surface area contributed by atoms with Crippen molar-refractivity contribution in [3.8, 4) is 0 Å². The topological polar surface area (TPSA) is 133 Å². The minimum Gasteiger partial charge on any atom is -0.474 e. The maximum absolute atomic E-state index is 11.1. The van der Waals surface area contributed by atoms with Crippen LogP contribution in [0.4, 0.5) is 11.4 Å². The first-order valence-corrected chi connectivity index (χ1v) is 5.00. The minimum atomic E-state index is -1.70. The van der Waals surface area contributed by atoms with Crippen molar-refractivity contribution in [1.29, 1.82) is 0 Å². The van der Waals surface area contributed by atoms with Crippen LogP contribution in [-0.2, 0) is 19.2 Å². The van der Waals surface area contributed by atoms with Crippen molar-refractivity contribution in [2.45, 2.75) is 6.92 Å². The standard InChI is InChI=1S/C11H10N2O6/c1-5-2-3-6(12-8(14)10(16)17)7(4-5)13-9(15)11(18)19/h2-4H,1H3,(H,12,14)(H,13,15)(H,16,17)(H,18,19). The first kappa shape index (κ1) is 14.2. The van der Waals surface area contributed by atoms with Gasteiger partial charge >= 0.3 is 23.8 Å². The second kappa shape index (κ2) is 5.63. The van der Waals surface area contributed by atoms with Gasteiger partial charge in [0, 0.05) is 0 Å². The zero-order valence-corrected chi connectivity index (χ0v) is 9.76. The molecule has 0 saturated carbocycles. The SMILES string of the molecule is Cc1ccc(NC(=O)C(=O)O)c(NC(=O)C(=O)O)c1. The molecule has 0 atom stereocenters. The molecule has 0 aromatic heterocycles. The summed E-state index contributed by atoms with van der Waals surface area (Å²) in [6, 6.07) is 4.32. The fourth-order valence-electron chi connectivity index (χ4n) is 1.22. The molecule has 8 heteroatoms. The number of amides is 2. The third-order valence-corrected chi connectivity index (χ3v) is 2.06. The van der Waals surface area contributed by atoms with Crippen LogP contribution in [0, 0.1) is 6.92 Å². The maximum atomic E-state index is 11.1. The number of anilines is 2. The molecule has 0 heterocycles. The van der Waals surface area contributed by atoms with Crippen molar-refractivity contribution in [3.05, 3.63) is 23.8 Å². The summed E-state index contributed by atoms with van der Waals surface area (Å²) in [5.74, 6) is -5.99. The zero-order chi connectivity index (χ0) is 14.6. The van der Waals surface area contributed by atoms with E-state index in [0.29, 0.717) is 5.56 Å². The fourth-order valence-corrected chi connectivity index (χ4v) is 1.22. The fraction of sp³-hybridized carbons (Fsp3) is 0.0909. The average molecular weight is 266 g/mol. The Morgan fingerprint density at radius 1 is 0.895 bits per heavy atom. The second-order valence-electron chi connectivity index (χ2n) is 3.57. The summed E-state index contributed by atoms with van der Waals surface area (Å²) in [5, 5.41) is 21.0. The predicted octanol–water partition coefficient (Wildman–Crippen LogP) is 0.0412. The summed E-state index contributed by atoms with van der Waals surface area (Å²) >= 11 is 0. The smallest absolute Gasteiger partial charge is 0.394 e. The Hall–Kier alpha value is -2.90. The Morgan fingerprint density at radius 3 is 1.84 bits per heavy atom. The van der Waals surface area contributed by atoms with Crippen LogP contribution < -0.4 is 10.6 Å². The lowest BCUT2D eigenvalue weighted by Gasteiger charge is -2.10. The van der Waals surface area contributed by atoms with E-state index in [1.165, 1.54) is 12.1 Å². The predicted molar refractivity (Wildman–Crippen MR) is 63.7 cm³/mol. The van der Waals surface area contributed by atoms with Crippen molar-refractivity contribution in [1.82, 2.24) is 0 Å². The van der Waals surface area contributed by atoms with E-state index >= 15 is 0 Å². The number of hydrogen-bond acceptors (Lipinski definition) is 4. The maximum Gasteiger partial charge on any atom is 0.394 e. The molecule has 0 aliphatic carbocycles. The van der Waals surface area contributed by atoms with Crippen molar-refractivity contribution in [2.24, 2.45) is 0 Å². The molecular weight excluding hydrogens is 256 g/mol. The van der Waals surface area contributed by atoms with Gasteiger partial charge in [-0.05, 0) is 24.6 Å². The van der Waals surface area contributed by atoms with Crippen LogP contribution in [0.15, 0.2) is 18.2 Å². The number of nitrogens with one attached hydrogen (secondary N) is 2. The van der Waals surface area contributed by atoms with E-state index in [2.05, 4.69) is 0 Å². The molecule has 0 fully saturated rings. The van der Waals surface area contributed by atoms with Gasteiger partial charge in [0.2, 0.25) is 0 Å². The summed E-state index contributed by atoms with van der Waals surface area (Å²) < 4.78 is 0. The van der Waals surface area contributed by atoms with Crippen LogP contribution in [0.5, 0.6) is 0 Å². The monoisotopic (exact) mass is 266 g/mol. The number of aryl methyl sites for hydroxylation is 1. The van der Waals surface area contributed by atoms with Gasteiger partial charge in [-0.25, -0.2) is 9.59 Å². The van der Waals surface area contributed by atoms with Crippen molar-refractivity contribution in [2.75, 3.05) is 10.6 Å². The zero-order valence-electron chi connectivity index (χ0n) is 9.76. The number of aliphatic carboxylic acids is 2. The highest BCUT2D eigenvalue weighted by atomic mass is 16.4. The molecule has 2 amide bonds. The molecular formula is C11H10N2O6. The first-order chi connectivity index (χ1) is 8.81. The highest BCUT2D eigenvalue weighted by Crippen LogP contribution is 2.23. The van der Waals surface area contributed by atoms with E-state index in [1.54, 1.807) is 13.0 Å². The van der Waals surface area contributed by atoms with Crippen LogP contribution in [0.25, 0.3) is 0 Å². The number of hydrogen-bond donors (Lipinski definition) is 4. The first-order valence-electron chi connectivity index (χ1n) is 5.00. The molecule has 0 aliphatic heterocycles. The lowest BCUT2D eigenvalue weighted by Crippen LogP contribution is -2.25. The largest absolute Gasteiger partial charge is 0.474 e. The van der Waals surface area contributed by atoms with Crippen LogP contribution in [0.2, 0.25) is 0 Å². The van der Waals surface area contributed by atoms with Gasteiger partial charge < -0.3 is 20.8 Å². The van der Waals surface area contributed by atoms with Gasteiger partial charge in [-0.3, -0.25) is 9.59 Å². The summed E-state index contributed by atoms with van der Waals surface area (Å²) in [4.78, 5) is 42.9. The summed E-state index contributed by atoms with van der Waals surface area (Å²) in [5.41, 5.74) is 0.684. The minimum absolute atomic E-state index is 0.00185. The Bertz CT molecular complexity index is 566. The Morgan fingerprint density at radius 2 is 1.37 bits per heavy atom. The van der Waals surface area contributed by atoms with E-state index in [1.807, 2.05) is 10.6 Å². The average Bonchev–Trinajstić information content (AvgIpc) is 2.32. The third-order valence-electron chi connectivity index (χ3n) is 2.06. The van der Waals surface area contributed by atoms with Gasteiger partial charge in [-0.15, -0.1) is 0 Å². The van der Waals surface area contributed by atoms with Crippen molar-refractivity contribution < 1.29 is 29.4 Å². The lowest BCUT2D eigenvalue weighted by molar-refractivity contribution is -0.147. The molecule has 100 valence electrons. The molecule has 0 bridgehead atoms. The van der Waals surface area contributed by atoms with Crippen LogP contribution in [0.3, 0.4) is 0 Å². The number of carbonyl (C=O) groups excluding carboxylic acids is 2. The third kappa shape index (κ3) is 3.80. The summed E-state index contributed by atoms with van der Waals surface area (Å²) in [6.45, 7) is 1.68. The number of rotatable bonds is 2. The van der Waals surface area contributed by atoms with Crippen molar-refractivity contribution >= 4 is 35.1 Å². The summed E-state index contributed by atoms with van der Waals surface area (Å²) in [6.07, 6.45) is 0. The van der Waals surface area contributed by atoms with Crippen molar-refractivity contribution in [3.63, 3.8) is 0 Å². The molecule has 19 heavy (non-hydrogen) atoms. The van der Waals surface area contributed by atoms with E-state index in [0.717, 1.165) is 0 Å². The highest BCUT2D eigenvalue weighted by molar-refractivity contribution is 6.38. The molecule has 1 aromatic rings. The molecule has 4 N–H and O–H groups in total. The molecule has 1 aromatic carbocycles. The number of carbonyl (C=O) groups is 4. The normalized spacial score (nSPS) is 9.53. The van der Waals surface area contributed by atoms with Crippen LogP contribution >= 0.6 is 0 Å². The molecule has 0 spiro atoms. The summed E-state index contributed by atoms with van der Waals surface area (Å²) in [7, 11) is 0. The lowest BCUT2D eigenvalue weighted by atomic mass is 10.2. The Labute approximate surface area is 107 Å². The van der Waals surface area contributed by atoms with Crippen LogP contribution in [-0.4, -0.2) is 34.0 Å². The van der Waals surface area contributed by atoms with Gasteiger partial charge in [0.1, 0.15) is 0 Å². The molecule has 8 nitrogen and oxygen atoms in total. The Balaban J connectivity index is 3.04.